The SMILES string of the molecule is C1=CC(c2ccccc2)Nc2ccc(-c3ccc(-n4c5ccccc5c5c6c7ccccc7sc6c6c7ccccc7sc6c54)cc3)nc21. The average Bonchev–Trinajstić information content (AvgIpc) is 3.85. The second-order valence-electron chi connectivity index (χ2n) is 12.7. The first-order valence-electron chi connectivity index (χ1n) is 16.6. The predicted octanol–water partition coefficient (Wildman–Crippen LogP) is 12.8. The van der Waals surface area contributed by atoms with Gasteiger partial charge in [-0.2, -0.15) is 0 Å². The smallest absolute Gasteiger partial charge is 0.0866 e. The molecule has 0 fully saturated rings. The number of thiophene rings is 2. The maximum absolute atomic E-state index is 5.07. The Morgan fingerprint density at radius 3 is 2.04 bits per heavy atom. The van der Waals surface area contributed by atoms with Crippen molar-refractivity contribution >= 4 is 96.6 Å². The minimum Gasteiger partial charge on any atom is -0.373 e. The molecule has 0 saturated carbocycles. The molecule has 0 radical (unpaired) electrons. The lowest BCUT2D eigenvalue weighted by Crippen LogP contribution is -2.13. The summed E-state index contributed by atoms with van der Waals surface area (Å²) in [5, 5.41) is 11.7. The molecule has 5 heteroatoms. The van der Waals surface area contributed by atoms with Crippen molar-refractivity contribution < 1.29 is 0 Å². The molecule has 3 nitrogen and oxygen atoms in total. The third-order valence-electron chi connectivity index (χ3n) is 10.0. The summed E-state index contributed by atoms with van der Waals surface area (Å²) >= 11 is 3.84. The number of hydrogen-bond acceptors (Lipinski definition) is 4. The Hall–Kier alpha value is -5.75. The zero-order valence-corrected chi connectivity index (χ0v) is 27.9. The van der Waals surface area contributed by atoms with Gasteiger partial charge in [0.05, 0.1) is 38.9 Å². The van der Waals surface area contributed by atoms with E-state index in [1.807, 2.05) is 22.7 Å². The molecule has 0 saturated heterocycles. The van der Waals surface area contributed by atoms with E-state index < -0.39 is 0 Å². The van der Waals surface area contributed by atoms with Gasteiger partial charge in [0.15, 0.2) is 0 Å². The Balaban J connectivity index is 1.11. The lowest BCUT2D eigenvalue weighted by atomic mass is 10.0. The van der Waals surface area contributed by atoms with Crippen molar-refractivity contribution in [2.24, 2.45) is 0 Å². The van der Waals surface area contributed by atoms with E-state index in [9.17, 15) is 0 Å². The molecule has 0 amide bonds. The number of pyridine rings is 1. The van der Waals surface area contributed by atoms with Crippen LogP contribution in [0.15, 0.2) is 146 Å². The molecule has 1 aliphatic heterocycles. The van der Waals surface area contributed by atoms with Crippen LogP contribution in [0.1, 0.15) is 17.3 Å². The summed E-state index contributed by atoms with van der Waals surface area (Å²) in [7, 11) is 0. The molecule has 10 aromatic rings. The second-order valence-corrected chi connectivity index (χ2v) is 14.9. The largest absolute Gasteiger partial charge is 0.373 e. The van der Waals surface area contributed by atoms with Gasteiger partial charge in [0.2, 0.25) is 0 Å². The summed E-state index contributed by atoms with van der Waals surface area (Å²) in [4.78, 5) is 5.07. The van der Waals surface area contributed by atoms with Gasteiger partial charge in [-0.3, -0.25) is 0 Å². The average molecular weight is 662 g/mol. The van der Waals surface area contributed by atoms with Crippen molar-refractivity contribution in [3.63, 3.8) is 0 Å². The number of benzene rings is 6. The summed E-state index contributed by atoms with van der Waals surface area (Å²) in [5.41, 5.74) is 9.00. The number of hydrogen-bond donors (Lipinski definition) is 1. The van der Waals surface area contributed by atoms with Crippen LogP contribution in [0.3, 0.4) is 0 Å². The summed E-state index contributed by atoms with van der Waals surface area (Å²) in [5.74, 6) is 0. The Morgan fingerprint density at radius 1 is 0.571 bits per heavy atom. The lowest BCUT2D eigenvalue weighted by Gasteiger charge is -2.22. The third kappa shape index (κ3) is 3.97. The standard InChI is InChI=1S/C44H27N3S2/c1-2-10-26(11-3-1)32-22-24-35-34(45-32)25-23-33(46-35)27-18-20-28(21-19-27)47-36-15-7-4-12-29(36)39-40-30-13-5-8-16-37(30)48-43(40)41-31-14-6-9-17-38(31)49-44(41)42(39)47/h1-25,32,45H. The zero-order chi connectivity index (χ0) is 32.1. The van der Waals surface area contributed by atoms with E-state index in [1.165, 1.54) is 67.7 Å². The summed E-state index contributed by atoms with van der Waals surface area (Å²) < 4.78 is 7.89. The van der Waals surface area contributed by atoms with Gasteiger partial charge in [-0.15, -0.1) is 22.7 Å². The summed E-state index contributed by atoms with van der Waals surface area (Å²) in [6.45, 7) is 0. The Morgan fingerprint density at radius 2 is 1.24 bits per heavy atom. The Labute approximate surface area is 290 Å². The number of para-hydroxylation sites is 1. The first kappa shape index (κ1) is 27.2. The molecule has 6 aromatic carbocycles. The molecule has 0 aliphatic carbocycles. The van der Waals surface area contributed by atoms with Gasteiger partial charge in [-0.1, -0.05) is 103 Å². The molecule has 1 atom stereocenters. The summed E-state index contributed by atoms with van der Waals surface area (Å²) in [6, 6.07) is 50.7. The van der Waals surface area contributed by atoms with Crippen molar-refractivity contribution in [2.45, 2.75) is 6.04 Å². The zero-order valence-electron chi connectivity index (χ0n) is 26.2. The highest BCUT2D eigenvalue weighted by Crippen LogP contribution is 2.52. The van der Waals surface area contributed by atoms with Crippen LogP contribution in [-0.2, 0) is 0 Å². The van der Waals surface area contributed by atoms with Gasteiger partial charge in [0, 0.05) is 57.7 Å². The van der Waals surface area contributed by atoms with Crippen LogP contribution in [0.2, 0.25) is 0 Å². The predicted molar refractivity (Wildman–Crippen MR) is 212 cm³/mol. The van der Waals surface area contributed by atoms with E-state index in [2.05, 4.69) is 162 Å². The maximum Gasteiger partial charge on any atom is 0.0866 e. The number of fused-ring (bicyclic) bond motifs is 13. The molecule has 1 unspecified atom stereocenters. The fourth-order valence-corrected chi connectivity index (χ4v) is 10.4. The highest BCUT2D eigenvalue weighted by molar-refractivity contribution is 7.30. The second kappa shape index (κ2) is 10.4. The maximum atomic E-state index is 5.07. The molecule has 5 heterocycles. The van der Waals surface area contributed by atoms with E-state index in [1.54, 1.807) is 0 Å². The molecule has 0 spiro atoms. The number of nitrogens with zero attached hydrogens (tertiary/aromatic N) is 2. The van der Waals surface area contributed by atoms with Crippen LogP contribution in [0.25, 0.3) is 85.2 Å². The normalized spacial score (nSPS) is 14.4. The Bertz CT molecular complexity index is 2960. The molecule has 1 aliphatic rings. The van der Waals surface area contributed by atoms with Crippen LogP contribution in [0.5, 0.6) is 0 Å². The van der Waals surface area contributed by atoms with Crippen LogP contribution in [0, 0.1) is 0 Å². The first-order chi connectivity index (χ1) is 24.3. The van der Waals surface area contributed by atoms with E-state index in [-0.39, 0.29) is 6.04 Å². The third-order valence-corrected chi connectivity index (χ3v) is 12.4. The van der Waals surface area contributed by atoms with Gasteiger partial charge in [-0.05, 0) is 54.1 Å². The fraction of sp³-hybridized carbons (Fsp3) is 0.0227. The van der Waals surface area contributed by atoms with Crippen molar-refractivity contribution in [3.8, 4) is 16.9 Å². The monoisotopic (exact) mass is 661 g/mol. The highest BCUT2D eigenvalue weighted by Gasteiger charge is 2.24. The minimum atomic E-state index is 0.146. The Kier molecular flexibility index (Phi) is 5.76. The van der Waals surface area contributed by atoms with Gasteiger partial charge in [0.1, 0.15) is 0 Å². The van der Waals surface area contributed by atoms with E-state index >= 15 is 0 Å². The van der Waals surface area contributed by atoms with Crippen LogP contribution >= 0.6 is 22.7 Å². The molecule has 1 N–H and O–H groups in total. The lowest BCUT2D eigenvalue weighted by molar-refractivity contribution is 0.971. The number of rotatable bonds is 3. The fourth-order valence-electron chi connectivity index (χ4n) is 7.81. The van der Waals surface area contributed by atoms with Crippen molar-refractivity contribution in [1.29, 1.82) is 0 Å². The molecule has 4 aromatic heterocycles. The minimum absolute atomic E-state index is 0.146. The highest BCUT2D eigenvalue weighted by atomic mass is 32.1. The molecule has 49 heavy (non-hydrogen) atoms. The number of nitrogens with one attached hydrogen (secondary N) is 1. The quantitative estimate of drug-likeness (QED) is 0.204. The number of aromatic nitrogens is 2. The molecular formula is C44H27N3S2. The van der Waals surface area contributed by atoms with E-state index in [0.717, 1.165) is 28.3 Å². The first-order valence-corrected chi connectivity index (χ1v) is 18.2. The van der Waals surface area contributed by atoms with Crippen molar-refractivity contribution in [2.75, 3.05) is 5.32 Å². The van der Waals surface area contributed by atoms with Crippen LogP contribution in [-0.4, -0.2) is 9.55 Å². The molecular weight excluding hydrogens is 635 g/mol. The van der Waals surface area contributed by atoms with E-state index in [0.29, 0.717) is 0 Å². The van der Waals surface area contributed by atoms with Crippen LogP contribution in [0.4, 0.5) is 5.69 Å². The van der Waals surface area contributed by atoms with E-state index in [4.69, 9.17) is 4.98 Å². The van der Waals surface area contributed by atoms with Gasteiger partial charge in [-0.25, -0.2) is 4.98 Å². The number of anilines is 1. The molecule has 11 rings (SSSR count). The molecule has 0 bridgehead atoms. The van der Waals surface area contributed by atoms with Gasteiger partial charge in [0.25, 0.3) is 0 Å². The molecule has 230 valence electrons. The van der Waals surface area contributed by atoms with Crippen molar-refractivity contribution in [3.05, 3.63) is 157 Å². The summed E-state index contributed by atoms with van der Waals surface area (Å²) in [6.07, 6.45) is 4.34. The topological polar surface area (TPSA) is 29.9 Å². The van der Waals surface area contributed by atoms with Crippen LogP contribution < -0.4 is 5.32 Å². The van der Waals surface area contributed by atoms with Gasteiger partial charge >= 0.3 is 0 Å². The van der Waals surface area contributed by atoms with Crippen molar-refractivity contribution in [1.82, 2.24) is 9.55 Å². The van der Waals surface area contributed by atoms with Gasteiger partial charge < -0.3 is 9.88 Å².